The Bertz CT molecular complexity index is 754. The van der Waals surface area contributed by atoms with Crippen molar-refractivity contribution in [2.75, 3.05) is 20.3 Å². The van der Waals surface area contributed by atoms with Crippen LogP contribution in [0.1, 0.15) is 45.6 Å². The summed E-state index contributed by atoms with van der Waals surface area (Å²) in [6.45, 7) is 12.2. The van der Waals surface area contributed by atoms with Crippen LogP contribution in [0.15, 0.2) is 18.2 Å². The predicted octanol–water partition coefficient (Wildman–Crippen LogP) is 5.21. The first-order chi connectivity index (χ1) is 13.5. The molecule has 1 heterocycles. The summed E-state index contributed by atoms with van der Waals surface area (Å²) >= 11 is 3.82. The molecule has 162 valence electrons. The van der Waals surface area contributed by atoms with Crippen LogP contribution in [0.2, 0.25) is 18.1 Å². The molecule has 0 bridgehead atoms. The first kappa shape index (κ1) is 22.8. The fourth-order valence-corrected chi connectivity index (χ4v) is 6.03. The molecule has 0 aromatic heterocycles. The molecule has 0 radical (unpaired) electrons. The van der Waals surface area contributed by atoms with Crippen LogP contribution in [-0.2, 0) is 19.7 Å². The van der Waals surface area contributed by atoms with Crippen molar-refractivity contribution >= 4 is 30.5 Å². The molecule has 1 aromatic rings. The Morgan fingerprint density at radius 3 is 2.38 bits per heavy atom. The Morgan fingerprint density at radius 2 is 1.86 bits per heavy atom. The van der Waals surface area contributed by atoms with Crippen molar-refractivity contribution in [3.8, 4) is 11.5 Å². The molecule has 1 aliphatic carbocycles. The summed E-state index contributed by atoms with van der Waals surface area (Å²) in [5.41, 5.74) is 0.152. The SMILES string of the molecule is COc1cccc([C@]2(C=O)CCC3(C[C@H]2Br)OCCO3)c1O[Si](C)(C)C(C)(C)C. The van der Waals surface area contributed by atoms with Gasteiger partial charge in [-0.2, -0.15) is 0 Å². The summed E-state index contributed by atoms with van der Waals surface area (Å²) in [6.07, 6.45) is 2.97. The molecule has 2 atom stereocenters. The highest BCUT2D eigenvalue weighted by molar-refractivity contribution is 9.09. The molecule has 2 fully saturated rings. The van der Waals surface area contributed by atoms with Gasteiger partial charge < -0.3 is 23.4 Å². The molecular weight excluding hydrogens is 452 g/mol. The maximum atomic E-state index is 12.6. The van der Waals surface area contributed by atoms with E-state index in [-0.39, 0.29) is 9.87 Å². The largest absolute Gasteiger partial charge is 0.541 e. The fraction of sp³-hybridized carbons (Fsp3) is 0.682. The highest BCUT2D eigenvalue weighted by Gasteiger charge is 2.54. The quantitative estimate of drug-likeness (QED) is 0.326. The van der Waals surface area contributed by atoms with Crippen LogP contribution in [0.25, 0.3) is 0 Å². The van der Waals surface area contributed by atoms with E-state index in [1.165, 1.54) is 0 Å². The van der Waals surface area contributed by atoms with Crippen molar-refractivity contribution in [3.05, 3.63) is 23.8 Å². The number of alkyl halides is 1. The summed E-state index contributed by atoms with van der Waals surface area (Å²) in [6, 6.07) is 5.84. The van der Waals surface area contributed by atoms with Gasteiger partial charge in [-0.1, -0.05) is 48.8 Å². The molecule has 5 nitrogen and oxygen atoms in total. The number of benzene rings is 1. The molecule has 1 spiro atoms. The number of ether oxygens (including phenoxy) is 3. The van der Waals surface area contributed by atoms with Crippen LogP contribution >= 0.6 is 15.9 Å². The minimum Gasteiger partial charge on any atom is -0.541 e. The van der Waals surface area contributed by atoms with Crippen molar-refractivity contribution in [2.24, 2.45) is 0 Å². The van der Waals surface area contributed by atoms with Gasteiger partial charge in [0.15, 0.2) is 17.3 Å². The van der Waals surface area contributed by atoms with Crippen LogP contribution in [0.3, 0.4) is 0 Å². The van der Waals surface area contributed by atoms with Gasteiger partial charge in [0.25, 0.3) is 8.32 Å². The number of aldehydes is 1. The minimum atomic E-state index is -2.15. The molecule has 1 saturated carbocycles. The summed E-state index contributed by atoms with van der Waals surface area (Å²) in [4.78, 5) is 12.5. The van der Waals surface area contributed by atoms with Crippen molar-refractivity contribution < 1.29 is 23.4 Å². The van der Waals surface area contributed by atoms with Gasteiger partial charge in [0.1, 0.15) is 6.29 Å². The van der Waals surface area contributed by atoms with Gasteiger partial charge in [-0.25, -0.2) is 0 Å². The van der Waals surface area contributed by atoms with Gasteiger partial charge >= 0.3 is 0 Å². The third-order valence-electron chi connectivity index (χ3n) is 6.86. The summed E-state index contributed by atoms with van der Waals surface area (Å²) in [5, 5.41) is 0.0232. The number of hydrogen-bond donors (Lipinski definition) is 0. The smallest absolute Gasteiger partial charge is 0.250 e. The molecule has 0 amide bonds. The van der Waals surface area contributed by atoms with Crippen molar-refractivity contribution in [2.45, 2.75) is 74.2 Å². The van der Waals surface area contributed by atoms with E-state index in [0.717, 1.165) is 11.8 Å². The predicted molar refractivity (Wildman–Crippen MR) is 120 cm³/mol. The third-order valence-corrected chi connectivity index (χ3v) is 12.3. The number of rotatable bonds is 5. The normalized spacial score (nSPS) is 27.1. The van der Waals surface area contributed by atoms with Gasteiger partial charge in [0.05, 0.1) is 25.7 Å². The van der Waals surface area contributed by atoms with E-state index in [1.54, 1.807) is 7.11 Å². The van der Waals surface area contributed by atoms with E-state index >= 15 is 0 Å². The molecule has 0 N–H and O–H groups in total. The lowest BCUT2D eigenvalue weighted by Gasteiger charge is -2.46. The zero-order valence-corrected chi connectivity index (χ0v) is 20.9. The van der Waals surface area contributed by atoms with Gasteiger partial charge in [-0.15, -0.1) is 0 Å². The Hall–Kier alpha value is -0.893. The van der Waals surface area contributed by atoms with E-state index in [0.29, 0.717) is 44.0 Å². The molecule has 29 heavy (non-hydrogen) atoms. The number of carbonyl (C=O) groups excluding carboxylic acids is 1. The Balaban J connectivity index is 2.06. The first-order valence-corrected chi connectivity index (χ1v) is 14.1. The first-order valence-electron chi connectivity index (χ1n) is 10.3. The van der Waals surface area contributed by atoms with Gasteiger partial charge in [0.2, 0.25) is 0 Å². The molecule has 1 aromatic carbocycles. The maximum Gasteiger partial charge on any atom is 0.250 e. The average molecular weight is 485 g/mol. The summed E-state index contributed by atoms with van der Waals surface area (Å²) < 4.78 is 24.2. The molecule has 2 aliphatic rings. The highest BCUT2D eigenvalue weighted by atomic mass is 79.9. The number of carbonyl (C=O) groups is 1. The topological polar surface area (TPSA) is 54.0 Å². The Morgan fingerprint density at radius 1 is 1.21 bits per heavy atom. The zero-order valence-electron chi connectivity index (χ0n) is 18.3. The number of halogens is 1. The maximum absolute atomic E-state index is 12.6. The number of hydrogen-bond acceptors (Lipinski definition) is 5. The van der Waals surface area contributed by atoms with Gasteiger partial charge in [-0.05, 0) is 30.6 Å². The zero-order chi connectivity index (χ0) is 21.5. The van der Waals surface area contributed by atoms with E-state index in [2.05, 4.69) is 49.8 Å². The van der Waals surface area contributed by atoms with E-state index in [9.17, 15) is 4.79 Å². The van der Waals surface area contributed by atoms with E-state index < -0.39 is 19.5 Å². The fourth-order valence-electron chi connectivity index (χ4n) is 3.93. The molecule has 7 heteroatoms. The van der Waals surface area contributed by atoms with Crippen LogP contribution in [0.4, 0.5) is 0 Å². The highest BCUT2D eigenvalue weighted by Crippen LogP contribution is 2.53. The summed E-state index contributed by atoms with van der Waals surface area (Å²) in [7, 11) is -0.503. The second kappa shape index (κ2) is 7.98. The van der Waals surface area contributed by atoms with Gasteiger partial charge in [-0.3, -0.25) is 0 Å². The summed E-state index contributed by atoms with van der Waals surface area (Å²) in [5.74, 6) is 0.782. The Kier molecular flexibility index (Phi) is 6.27. The third kappa shape index (κ3) is 4.03. The van der Waals surface area contributed by atoms with Crippen LogP contribution < -0.4 is 9.16 Å². The van der Waals surface area contributed by atoms with E-state index in [1.807, 2.05) is 18.2 Å². The van der Waals surface area contributed by atoms with Gasteiger partial charge in [0, 0.05) is 23.2 Å². The molecule has 1 saturated heterocycles. The van der Waals surface area contributed by atoms with Crippen molar-refractivity contribution in [3.63, 3.8) is 0 Å². The average Bonchev–Trinajstić information content (AvgIpc) is 3.09. The minimum absolute atomic E-state index is 0.0232. The standard InChI is InChI=1S/C22H33BrO5Si/c1-20(2,3)29(5,6)28-19-16(8-7-9-17(19)25-4)21(15-24)10-11-22(14-18(21)23)26-12-13-27-22/h7-9,15,18H,10-14H2,1-6H3/t18-,21-/m1/s1. The second-order valence-electron chi connectivity index (χ2n) is 9.64. The van der Waals surface area contributed by atoms with Crippen LogP contribution in [0, 0.1) is 0 Å². The van der Waals surface area contributed by atoms with E-state index in [4.69, 9.17) is 18.6 Å². The van der Waals surface area contributed by atoms with Crippen molar-refractivity contribution in [1.82, 2.24) is 0 Å². The molecular formula is C22H33BrO5Si. The lowest BCUT2D eigenvalue weighted by Crippen LogP contribution is -2.51. The lowest BCUT2D eigenvalue weighted by atomic mass is 9.68. The number of para-hydroxylation sites is 1. The second-order valence-corrected chi connectivity index (χ2v) is 15.5. The molecule has 0 unspecified atom stereocenters. The van der Waals surface area contributed by atoms with Crippen molar-refractivity contribution in [1.29, 1.82) is 0 Å². The van der Waals surface area contributed by atoms with Crippen LogP contribution in [0.5, 0.6) is 11.5 Å². The molecule has 3 rings (SSSR count). The van der Waals surface area contributed by atoms with Crippen LogP contribution in [-0.4, -0.2) is 45.5 Å². The lowest BCUT2D eigenvalue weighted by molar-refractivity contribution is -0.182. The monoisotopic (exact) mass is 484 g/mol. The number of methoxy groups -OCH3 is 1. The Labute approximate surface area is 183 Å². The molecule has 1 aliphatic heterocycles.